The summed E-state index contributed by atoms with van der Waals surface area (Å²) in [6.07, 6.45) is 0. The second-order valence-electron chi connectivity index (χ2n) is 2.87. The van der Waals surface area contributed by atoms with Crippen LogP contribution in [0.2, 0.25) is 0 Å². The molecular formula is C9H10F3N. The van der Waals surface area contributed by atoms with E-state index in [1.54, 1.807) is 0 Å². The standard InChI is InChI=1S/C9H10F3N/c1-6-4-7(10)2-3-8(6)9(11,12)5-13/h2-4H,5,13H2,1H3. The molecule has 0 atom stereocenters. The summed E-state index contributed by atoms with van der Waals surface area (Å²) in [7, 11) is 0. The van der Waals surface area contributed by atoms with Crippen LogP contribution < -0.4 is 5.73 Å². The van der Waals surface area contributed by atoms with Crippen LogP contribution in [0.1, 0.15) is 11.1 Å². The highest BCUT2D eigenvalue weighted by Gasteiger charge is 2.30. The average molecular weight is 189 g/mol. The molecule has 0 aliphatic heterocycles. The fraction of sp³-hybridized carbons (Fsp3) is 0.333. The van der Waals surface area contributed by atoms with E-state index in [1.807, 2.05) is 0 Å². The molecule has 1 nitrogen and oxygen atoms in total. The first-order valence-corrected chi connectivity index (χ1v) is 3.82. The third-order valence-electron chi connectivity index (χ3n) is 1.84. The number of hydrogen-bond acceptors (Lipinski definition) is 1. The minimum Gasteiger partial charge on any atom is -0.325 e. The number of alkyl halides is 2. The number of hydrogen-bond donors (Lipinski definition) is 1. The zero-order chi connectivity index (χ0) is 10.1. The molecule has 0 saturated carbocycles. The minimum atomic E-state index is -3.07. The van der Waals surface area contributed by atoms with Gasteiger partial charge in [-0.3, -0.25) is 0 Å². The third-order valence-corrected chi connectivity index (χ3v) is 1.84. The summed E-state index contributed by atoms with van der Waals surface area (Å²) in [6.45, 7) is 0.668. The highest BCUT2D eigenvalue weighted by atomic mass is 19.3. The van der Waals surface area contributed by atoms with E-state index < -0.39 is 18.3 Å². The number of rotatable bonds is 2. The quantitative estimate of drug-likeness (QED) is 0.758. The second-order valence-corrected chi connectivity index (χ2v) is 2.87. The van der Waals surface area contributed by atoms with Crippen LogP contribution in [-0.2, 0) is 5.92 Å². The van der Waals surface area contributed by atoms with Crippen molar-refractivity contribution in [3.63, 3.8) is 0 Å². The lowest BCUT2D eigenvalue weighted by atomic mass is 10.0. The second kappa shape index (κ2) is 3.38. The summed E-state index contributed by atoms with van der Waals surface area (Å²) < 4.78 is 38.6. The smallest absolute Gasteiger partial charge is 0.285 e. The van der Waals surface area contributed by atoms with E-state index in [9.17, 15) is 13.2 Å². The maximum Gasteiger partial charge on any atom is 0.285 e. The maximum atomic E-state index is 13.0. The summed E-state index contributed by atoms with van der Waals surface area (Å²) in [4.78, 5) is 0. The Morgan fingerprint density at radius 3 is 2.46 bits per heavy atom. The average Bonchev–Trinajstić information content (AvgIpc) is 2.03. The first-order chi connectivity index (χ1) is 5.97. The molecule has 1 aromatic rings. The molecule has 0 aliphatic carbocycles. The Balaban J connectivity index is 3.16. The van der Waals surface area contributed by atoms with E-state index in [0.717, 1.165) is 18.2 Å². The summed E-state index contributed by atoms with van der Waals surface area (Å²) in [6, 6.07) is 3.14. The van der Waals surface area contributed by atoms with Crippen molar-refractivity contribution in [2.45, 2.75) is 12.8 Å². The molecular weight excluding hydrogens is 179 g/mol. The first-order valence-electron chi connectivity index (χ1n) is 3.82. The fourth-order valence-electron chi connectivity index (χ4n) is 1.15. The van der Waals surface area contributed by atoms with Crippen LogP contribution in [0.15, 0.2) is 18.2 Å². The highest BCUT2D eigenvalue weighted by molar-refractivity contribution is 5.30. The van der Waals surface area contributed by atoms with Gasteiger partial charge in [-0.2, -0.15) is 8.78 Å². The molecule has 1 rings (SSSR count). The Morgan fingerprint density at radius 1 is 1.38 bits per heavy atom. The number of aryl methyl sites for hydroxylation is 1. The van der Waals surface area contributed by atoms with Gasteiger partial charge in [0.05, 0.1) is 6.54 Å². The van der Waals surface area contributed by atoms with Crippen molar-refractivity contribution in [1.29, 1.82) is 0 Å². The molecule has 72 valence electrons. The Hall–Kier alpha value is -1.03. The van der Waals surface area contributed by atoms with Crippen molar-refractivity contribution >= 4 is 0 Å². The molecule has 13 heavy (non-hydrogen) atoms. The van der Waals surface area contributed by atoms with Crippen molar-refractivity contribution in [2.75, 3.05) is 6.54 Å². The predicted molar refractivity (Wildman–Crippen MR) is 44.1 cm³/mol. The lowest BCUT2D eigenvalue weighted by Crippen LogP contribution is -2.26. The van der Waals surface area contributed by atoms with E-state index in [2.05, 4.69) is 0 Å². The predicted octanol–water partition coefficient (Wildman–Crippen LogP) is 2.18. The van der Waals surface area contributed by atoms with Crippen LogP contribution in [0.25, 0.3) is 0 Å². The maximum absolute atomic E-state index is 13.0. The minimum absolute atomic E-state index is 0.212. The van der Waals surface area contributed by atoms with Gasteiger partial charge < -0.3 is 5.73 Å². The van der Waals surface area contributed by atoms with Crippen LogP contribution in [-0.4, -0.2) is 6.54 Å². The van der Waals surface area contributed by atoms with E-state index in [0.29, 0.717) is 0 Å². The fourth-order valence-corrected chi connectivity index (χ4v) is 1.15. The largest absolute Gasteiger partial charge is 0.325 e. The van der Waals surface area contributed by atoms with Gasteiger partial charge in [-0.15, -0.1) is 0 Å². The van der Waals surface area contributed by atoms with Crippen LogP contribution in [0, 0.1) is 12.7 Å². The summed E-state index contributed by atoms with van der Waals surface area (Å²) >= 11 is 0. The first kappa shape index (κ1) is 10.1. The SMILES string of the molecule is Cc1cc(F)ccc1C(F)(F)CN. The molecule has 0 bridgehead atoms. The topological polar surface area (TPSA) is 26.0 Å². The zero-order valence-corrected chi connectivity index (χ0v) is 7.15. The number of halogens is 3. The van der Waals surface area contributed by atoms with Gasteiger partial charge in [-0.25, -0.2) is 4.39 Å². The van der Waals surface area contributed by atoms with Gasteiger partial charge in [-0.05, 0) is 30.7 Å². The van der Waals surface area contributed by atoms with E-state index in [1.165, 1.54) is 6.92 Å². The summed E-state index contributed by atoms with van der Waals surface area (Å²) in [5.74, 6) is -3.59. The molecule has 0 aliphatic rings. The van der Waals surface area contributed by atoms with Crippen molar-refractivity contribution in [3.05, 3.63) is 35.1 Å². The lowest BCUT2D eigenvalue weighted by molar-refractivity contribution is 0.00527. The Bertz CT molecular complexity index is 310. The Morgan fingerprint density at radius 2 is 2.00 bits per heavy atom. The molecule has 4 heteroatoms. The van der Waals surface area contributed by atoms with Gasteiger partial charge >= 0.3 is 0 Å². The molecule has 0 fully saturated rings. The van der Waals surface area contributed by atoms with Crippen molar-refractivity contribution < 1.29 is 13.2 Å². The van der Waals surface area contributed by atoms with Gasteiger partial charge in [-0.1, -0.05) is 0 Å². The normalized spacial score (nSPS) is 11.8. The number of benzene rings is 1. The molecule has 0 saturated heterocycles. The van der Waals surface area contributed by atoms with Crippen molar-refractivity contribution in [2.24, 2.45) is 5.73 Å². The molecule has 2 N–H and O–H groups in total. The van der Waals surface area contributed by atoms with E-state index in [-0.39, 0.29) is 11.1 Å². The lowest BCUT2D eigenvalue weighted by Gasteiger charge is -2.16. The van der Waals surface area contributed by atoms with Gasteiger partial charge in [0, 0.05) is 5.56 Å². The third kappa shape index (κ3) is 2.01. The van der Waals surface area contributed by atoms with Crippen LogP contribution in [0.4, 0.5) is 13.2 Å². The highest BCUT2D eigenvalue weighted by Crippen LogP contribution is 2.29. The van der Waals surface area contributed by atoms with Gasteiger partial charge in [0.15, 0.2) is 0 Å². The van der Waals surface area contributed by atoms with Crippen molar-refractivity contribution in [1.82, 2.24) is 0 Å². The van der Waals surface area contributed by atoms with Crippen LogP contribution in [0.3, 0.4) is 0 Å². The molecule has 1 aromatic carbocycles. The molecule has 0 heterocycles. The van der Waals surface area contributed by atoms with Gasteiger partial charge in [0.25, 0.3) is 5.92 Å². The van der Waals surface area contributed by atoms with Gasteiger partial charge in [0.2, 0.25) is 0 Å². The Labute approximate surface area is 74.4 Å². The van der Waals surface area contributed by atoms with Crippen LogP contribution in [0.5, 0.6) is 0 Å². The van der Waals surface area contributed by atoms with Crippen LogP contribution >= 0.6 is 0 Å². The monoisotopic (exact) mass is 189 g/mol. The van der Waals surface area contributed by atoms with Gasteiger partial charge in [0.1, 0.15) is 5.82 Å². The Kier molecular flexibility index (Phi) is 2.61. The molecule has 0 aromatic heterocycles. The number of nitrogens with two attached hydrogens (primary N) is 1. The molecule has 0 spiro atoms. The van der Waals surface area contributed by atoms with Crippen molar-refractivity contribution in [3.8, 4) is 0 Å². The summed E-state index contributed by atoms with van der Waals surface area (Å²) in [5, 5.41) is 0. The molecule has 0 radical (unpaired) electrons. The zero-order valence-electron chi connectivity index (χ0n) is 7.15. The molecule has 0 amide bonds. The summed E-state index contributed by atoms with van der Waals surface area (Å²) in [5.41, 5.74) is 4.91. The molecule has 0 unspecified atom stereocenters. The van der Waals surface area contributed by atoms with E-state index in [4.69, 9.17) is 5.73 Å². The van der Waals surface area contributed by atoms with E-state index >= 15 is 0 Å².